The van der Waals surface area contributed by atoms with Crippen molar-refractivity contribution in [2.24, 2.45) is 5.73 Å². The summed E-state index contributed by atoms with van der Waals surface area (Å²) in [5.74, 6) is -1.47. The fourth-order valence-electron chi connectivity index (χ4n) is 1.03. The van der Waals surface area contributed by atoms with Gasteiger partial charge in [0.25, 0.3) is 0 Å². The predicted molar refractivity (Wildman–Crippen MR) is 51.2 cm³/mol. The summed E-state index contributed by atoms with van der Waals surface area (Å²) < 4.78 is 0. The number of anilines is 1. The number of benzene rings is 1. The van der Waals surface area contributed by atoms with Crippen LogP contribution in [-0.2, 0) is 0 Å². The Hall–Kier alpha value is -1.88. The molecule has 0 amide bonds. The Bertz CT molecular complexity index is 388. The van der Waals surface area contributed by atoms with Crippen molar-refractivity contribution in [1.82, 2.24) is 0 Å². The zero-order valence-corrected chi connectivity index (χ0v) is 7.36. The summed E-state index contributed by atoms with van der Waals surface area (Å²) in [5.41, 5.74) is 10.9. The molecule has 0 radical (unpaired) electrons. The third-order valence-corrected chi connectivity index (χ3v) is 1.79. The molecule has 1 aromatic carbocycles. The highest BCUT2D eigenvalue weighted by Gasteiger charge is 2.11. The minimum absolute atomic E-state index is 0.0794. The molecule has 1 rings (SSSR count). The van der Waals surface area contributed by atoms with E-state index in [4.69, 9.17) is 16.6 Å². The highest BCUT2D eigenvalue weighted by Crippen LogP contribution is 2.14. The van der Waals surface area contributed by atoms with Gasteiger partial charge in [-0.25, -0.2) is 4.79 Å². The third-order valence-electron chi connectivity index (χ3n) is 1.79. The molecule has 0 fully saturated rings. The molecule has 0 spiro atoms. The lowest BCUT2D eigenvalue weighted by Gasteiger charge is -2.03. The number of nitrogen functional groups attached to an aromatic ring is 1. The molecule has 0 saturated heterocycles. The third kappa shape index (κ3) is 1.89. The van der Waals surface area contributed by atoms with Crippen molar-refractivity contribution >= 4 is 17.4 Å². The van der Waals surface area contributed by atoms with Gasteiger partial charge in [0.1, 0.15) is 0 Å². The SMILES string of the molecule is NCC(=O)c1ccc(N)c(C(=O)O)c1. The van der Waals surface area contributed by atoms with E-state index in [-0.39, 0.29) is 29.1 Å². The molecule has 5 nitrogen and oxygen atoms in total. The fourth-order valence-corrected chi connectivity index (χ4v) is 1.03. The van der Waals surface area contributed by atoms with Crippen LogP contribution >= 0.6 is 0 Å². The largest absolute Gasteiger partial charge is 0.478 e. The van der Waals surface area contributed by atoms with E-state index in [1.54, 1.807) is 0 Å². The first-order valence-electron chi connectivity index (χ1n) is 3.92. The standard InChI is InChI=1S/C9H10N2O3/c10-4-8(12)5-1-2-7(11)6(3-5)9(13)14/h1-3H,4,10-11H2,(H,13,14). The van der Waals surface area contributed by atoms with E-state index in [0.717, 1.165) is 0 Å². The van der Waals surface area contributed by atoms with Gasteiger partial charge in [0.15, 0.2) is 5.78 Å². The van der Waals surface area contributed by atoms with Gasteiger partial charge in [0.2, 0.25) is 0 Å². The number of aromatic carboxylic acids is 1. The summed E-state index contributed by atoms with van der Waals surface area (Å²) >= 11 is 0. The smallest absolute Gasteiger partial charge is 0.337 e. The van der Waals surface area contributed by atoms with Gasteiger partial charge in [-0.3, -0.25) is 4.79 Å². The number of carboxylic acids is 1. The molecule has 0 bridgehead atoms. The number of carbonyl (C=O) groups excluding carboxylic acids is 1. The van der Waals surface area contributed by atoms with Crippen LogP contribution in [-0.4, -0.2) is 23.4 Å². The van der Waals surface area contributed by atoms with Crippen molar-refractivity contribution in [1.29, 1.82) is 0 Å². The second-order valence-electron chi connectivity index (χ2n) is 2.73. The molecule has 0 aliphatic rings. The molecular formula is C9H10N2O3. The first-order valence-corrected chi connectivity index (χ1v) is 3.92. The maximum absolute atomic E-state index is 11.1. The number of hydrogen-bond acceptors (Lipinski definition) is 4. The van der Waals surface area contributed by atoms with Gasteiger partial charge < -0.3 is 16.6 Å². The van der Waals surface area contributed by atoms with Crippen molar-refractivity contribution < 1.29 is 14.7 Å². The van der Waals surface area contributed by atoms with Crippen LogP contribution in [0.5, 0.6) is 0 Å². The molecule has 0 aromatic heterocycles. The van der Waals surface area contributed by atoms with Crippen molar-refractivity contribution in [3.63, 3.8) is 0 Å². The van der Waals surface area contributed by atoms with Crippen molar-refractivity contribution in [2.45, 2.75) is 0 Å². The second-order valence-corrected chi connectivity index (χ2v) is 2.73. The summed E-state index contributed by atoms with van der Waals surface area (Å²) in [6, 6.07) is 4.07. The lowest BCUT2D eigenvalue weighted by atomic mass is 10.1. The van der Waals surface area contributed by atoms with Crippen LogP contribution in [0.3, 0.4) is 0 Å². The topological polar surface area (TPSA) is 106 Å². The molecule has 0 unspecified atom stereocenters. The molecule has 0 heterocycles. The average molecular weight is 194 g/mol. The maximum atomic E-state index is 11.1. The Morgan fingerprint density at radius 3 is 2.50 bits per heavy atom. The Morgan fingerprint density at radius 1 is 1.36 bits per heavy atom. The van der Waals surface area contributed by atoms with Crippen LogP contribution in [0.2, 0.25) is 0 Å². The molecule has 14 heavy (non-hydrogen) atoms. The first-order chi connectivity index (χ1) is 6.56. The second kappa shape index (κ2) is 3.89. The summed E-state index contributed by atoms with van der Waals surface area (Å²) in [4.78, 5) is 21.8. The van der Waals surface area contributed by atoms with Gasteiger partial charge >= 0.3 is 5.97 Å². The number of rotatable bonds is 3. The van der Waals surface area contributed by atoms with Gasteiger partial charge in [0, 0.05) is 11.3 Å². The zero-order valence-electron chi connectivity index (χ0n) is 7.36. The Balaban J connectivity index is 3.19. The number of ketones is 1. The van der Waals surface area contributed by atoms with E-state index in [9.17, 15) is 9.59 Å². The van der Waals surface area contributed by atoms with Crippen LogP contribution < -0.4 is 11.5 Å². The summed E-state index contributed by atoms with van der Waals surface area (Å²) in [5, 5.41) is 8.72. The quantitative estimate of drug-likeness (QED) is 0.467. The van der Waals surface area contributed by atoms with E-state index in [1.165, 1.54) is 18.2 Å². The van der Waals surface area contributed by atoms with Crippen LogP contribution in [0, 0.1) is 0 Å². The van der Waals surface area contributed by atoms with Crippen LogP contribution in [0.15, 0.2) is 18.2 Å². The van der Waals surface area contributed by atoms with Crippen LogP contribution in [0.25, 0.3) is 0 Å². The Labute approximate surface area is 80.3 Å². The molecule has 0 aliphatic carbocycles. The minimum atomic E-state index is -1.16. The predicted octanol–water partition coefficient (Wildman–Crippen LogP) is 0.108. The number of Topliss-reactive ketones (excluding diaryl/α,β-unsaturated/α-hetero) is 1. The summed E-state index contributed by atoms with van der Waals surface area (Å²) in [6.45, 7) is -0.150. The molecule has 1 aromatic rings. The van der Waals surface area contributed by atoms with E-state index in [0.29, 0.717) is 0 Å². The van der Waals surface area contributed by atoms with E-state index >= 15 is 0 Å². The highest BCUT2D eigenvalue weighted by atomic mass is 16.4. The zero-order chi connectivity index (χ0) is 10.7. The highest BCUT2D eigenvalue weighted by molar-refractivity contribution is 6.01. The minimum Gasteiger partial charge on any atom is -0.478 e. The van der Waals surface area contributed by atoms with Crippen LogP contribution in [0.1, 0.15) is 20.7 Å². The van der Waals surface area contributed by atoms with Gasteiger partial charge in [-0.2, -0.15) is 0 Å². The van der Waals surface area contributed by atoms with Crippen molar-refractivity contribution in [2.75, 3.05) is 12.3 Å². The lowest BCUT2D eigenvalue weighted by Crippen LogP contribution is -2.14. The maximum Gasteiger partial charge on any atom is 0.337 e. The average Bonchev–Trinajstić information content (AvgIpc) is 2.17. The molecule has 0 aliphatic heterocycles. The molecule has 5 heteroatoms. The molecule has 74 valence electrons. The fraction of sp³-hybridized carbons (Fsp3) is 0.111. The monoisotopic (exact) mass is 194 g/mol. The van der Waals surface area contributed by atoms with E-state index < -0.39 is 5.97 Å². The van der Waals surface area contributed by atoms with E-state index in [2.05, 4.69) is 0 Å². The van der Waals surface area contributed by atoms with Gasteiger partial charge in [-0.15, -0.1) is 0 Å². The summed E-state index contributed by atoms with van der Waals surface area (Å²) in [6.07, 6.45) is 0. The van der Waals surface area contributed by atoms with E-state index in [1.807, 2.05) is 0 Å². The van der Waals surface area contributed by atoms with Crippen molar-refractivity contribution in [3.8, 4) is 0 Å². The first kappa shape index (κ1) is 10.2. The van der Waals surface area contributed by atoms with Crippen LogP contribution in [0.4, 0.5) is 5.69 Å². The normalized spacial score (nSPS) is 9.79. The lowest BCUT2D eigenvalue weighted by molar-refractivity contribution is 0.0698. The number of carbonyl (C=O) groups is 2. The van der Waals surface area contributed by atoms with Gasteiger partial charge in [-0.05, 0) is 18.2 Å². The molecule has 0 atom stereocenters. The number of nitrogens with two attached hydrogens (primary N) is 2. The van der Waals surface area contributed by atoms with Gasteiger partial charge in [-0.1, -0.05) is 0 Å². The number of carboxylic acid groups (broad SMARTS) is 1. The molecular weight excluding hydrogens is 184 g/mol. The number of hydrogen-bond donors (Lipinski definition) is 3. The summed E-state index contributed by atoms with van der Waals surface area (Å²) in [7, 11) is 0. The van der Waals surface area contributed by atoms with Crippen molar-refractivity contribution in [3.05, 3.63) is 29.3 Å². The Kier molecular flexibility index (Phi) is 2.83. The molecule has 0 saturated carbocycles. The molecule has 5 N–H and O–H groups in total. The Morgan fingerprint density at radius 2 is 2.00 bits per heavy atom. The van der Waals surface area contributed by atoms with Gasteiger partial charge in [0.05, 0.1) is 12.1 Å².